The van der Waals surface area contributed by atoms with Gasteiger partial charge < -0.3 is 14.3 Å². The Balaban J connectivity index is 0. The van der Waals surface area contributed by atoms with Gasteiger partial charge in [0.1, 0.15) is 0 Å². The Morgan fingerprint density at radius 2 is 2.08 bits per heavy atom. The van der Waals surface area contributed by atoms with Gasteiger partial charge in [0.2, 0.25) is 0 Å². The maximum absolute atomic E-state index is 10.8. The van der Waals surface area contributed by atoms with Gasteiger partial charge in [-0.2, -0.15) is 0 Å². The van der Waals surface area contributed by atoms with E-state index in [4.69, 9.17) is 4.65 Å². The normalized spacial score (nSPS) is 9.08. The Morgan fingerprint density at radius 1 is 1.38 bits per heavy atom. The number of hydrogen-bond donors (Lipinski definition) is 0. The molecule has 0 unspecified atom stereocenters. The fraction of sp³-hybridized carbons (Fsp3) is 0.750. The maximum Gasteiger partial charge on any atom is 1.00 e. The summed E-state index contributed by atoms with van der Waals surface area (Å²) in [6.07, 6.45) is 4.67. The van der Waals surface area contributed by atoms with E-state index in [1.54, 1.807) is 0 Å². The number of rotatable bonds is 8. The van der Waals surface area contributed by atoms with Crippen molar-refractivity contribution in [2.45, 2.75) is 26.2 Å². The molecule has 0 aromatic rings. The molecule has 0 heterocycles. The van der Waals surface area contributed by atoms with Gasteiger partial charge in [0.25, 0.3) is 0 Å². The van der Waals surface area contributed by atoms with E-state index in [2.05, 4.69) is 18.2 Å². The van der Waals surface area contributed by atoms with E-state index >= 15 is 0 Å². The van der Waals surface area contributed by atoms with Crippen molar-refractivity contribution in [1.82, 2.24) is 0 Å². The minimum atomic E-state index is -1.35. The molecule has 0 spiro atoms. The summed E-state index contributed by atoms with van der Waals surface area (Å²) in [6.45, 7) is 6.26. The van der Waals surface area contributed by atoms with Crippen LogP contribution in [0, 0.1) is 0 Å². The van der Waals surface area contributed by atoms with Crippen LogP contribution in [0.3, 0.4) is 0 Å². The summed E-state index contributed by atoms with van der Waals surface area (Å²) in [7, 11) is -1.35. The van der Waals surface area contributed by atoms with Crippen LogP contribution in [0.5, 0.6) is 0 Å². The van der Waals surface area contributed by atoms with Crippen LogP contribution in [0.2, 0.25) is 0 Å². The second-order valence-electron chi connectivity index (χ2n) is 2.49. The van der Waals surface area contributed by atoms with Crippen LogP contribution in [0.15, 0.2) is 12.7 Å². The second-order valence-corrected chi connectivity index (χ2v) is 2.49. The van der Waals surface area contributed by atoms with Crippen LogP contribution in [0.1, 0.15) is 26.2 Å². The standard InChI is InChI=1S/C8H16BO3.Li/c1-3-5-6-8-12-9(10)11-7-4-2;/h4H,2-3,5-8H2,1H3;/q-1;+1. The van der Waals surface area contributed by atoms with Crippen molar-refractivity contribution in [3.63, 3.8) is 0 Å². The van der Waals surface area contributed by atoms with Crippen molar-refractivity contribution in [2.75, 3.05) is 13.2 Å². The quantitative estimate of drug-likeness (QED) is 0.239. The molecule has 13 heavy (non-hydrogen) atoms. The largest absolute Gasteiger partial charge is 1.00 e. The van der Waals surface area contributed by atoms with Crippen molar-refractivity contribution >= 4 is 7.32 Å². The third kappa shape index (κ3) is 12.3. The number of unbranched alkanes of at least 4 members (excludes halogenated alkanes) is 2. The molecule has 0 bridgehead atoms. The fourth-order valence-electron chi connectivity index (χ4n) is 0.726. The van der Waals surface area contributed by atoms with Gasteiger partial charge in [-0.05, 0) is 6.42 Å². The second kappa shape index (κ2) is 12.3. The molecule has 0 radical (unpaired) electrons. The molecule has 0 amide bonds. The minimum Gasteiger partial charge on any atom is -0.832 e. The van der Waals surface area contributed by atoms with Crippen LogP contribution in [-0.4, -0.2) is 20.5 Å². The smallest absolute Gasteiger partial charge is 0.832 e. The summed E-state index contributed by atoms with van der Waals surface area (Å²) < 4.78 is 9.50. The van der Waals surface area contributed by atoms with Gasteiger partial charge in [-0.3, -0.25) is 0 Å². The van der Waals surface area contributed by atoms with Crippen LogP contribution in [-0.2, 0) is 9.31 Å². The van der Waals surface area contributed by atoms with E-state index in [1.807, 2.05) is 0 Å². The average molecular weight is 178 g/mol. The molecule has 0 fully saturated rings. The van der Waals surface area contributed by atoms with Gasteiger partial charge in [-0.15, -0.1) is 6.58 Å². The monoisotopic (exact) mass is 178 g/mol. The predicted octanol–water partition coefficient (Wildman–Crippen LogP) is -2.25. The first kappa shape index (κ1) is 15.7. The SMILES string of the molecule is C=CCOB([O-])OCCCCC.[Li+]. The fourth-order valence-corrected chi connectivity index (χ4v) is 0.726. The van der Waals surface area contributed by atoms with Crippen molar-refractivity contribution in [1.29, 1.82) is 0 Å². The first-order chi connectivity index (χ1) is 5.81. The predicted molar refractivity (Wildman–Crippen MR) is 47.4 cm³/mol. The molecule has 70 valence electrons. The Bertz CT molecular complexity index is 114. The summed E-state index contributed by atoms with van der Waals surface area (Å²) >= 11 is 0. The molecule has 3 nitrogen and oxygen atoms in total. The van der Waals surface area contributed by atoms with Crippen molar-refractivity contribution in [3.8, 4) is 0 Å². The molecule has 0 rings (SSSR count). The summed E-state index contributed by atoms with van der Waals surface area (Å²) in [5, 5.41) is 10.8. The average Bonchev–Trinajstić information content (AvgIpc) is 2.09. The third-order valence-electron chi connectivity index (χ3n) is 1.35. The zero-order valence-corrected chi connectivity index (χ0v) is 8.62. The summed E-state index contributed by atoms with van der Waals surface area (Å²) in [5.74, 6) is 0. The van der Waals surface area contributed by atoms with Crippen LogP contribution in [0.25, 0.3) is 0 Å². The molecule has 5 heteroatoms. The zero-order valence-electron chi connectivity index (χ0n) is 8.62. The topological polar surface area (TPSA) is 41.5 Å². The van der Waals surface area contributed by atoms with Crippen LogP contribution >= 0.6 is 0 Å². The molecule has 0 aliphatic rings. The summed E-state index contributed by atoms with van der Waals surface area (Å²) in [4.78, 5) is 0. The van der Waals surface area contributed by atoms with E-state index < -0.39 is 7.32 Å². The van der Waals surface area contributed by atoms with Crippen molar-refractivity contribution in [2.24, 2.45) is 0 Å². The van der Waals surface area contributed by atoms with E-state index in [0.717, 1.165) is 19.3 Å². The van der Waals surface area contributed by atoms with Gasteiger partial charge in [0.15, 0.2) is 0 Å². The summed E-state index contributed by atoms with van der Waals surface area (Å²) in [6, 6.07) is 0. The molecular weight excluding hydrogens is 162 g/mol. The molecule has 0 aliphatic heterocycles. The Hall–Kier alpha value is 0.282. The van der Waals surface area contributed by atoms with Gasteiger partial charge in [-0.25, -0.2) is 0 Å². The molecule has 0 aromatic carbocycles. The zero-order chi connectivity index (χ0) is 9.23. The third-order valence-corrected chi connectivity index (χ3v) is 1.35. The summed E-state index contributed by atoms with van der Waals surface area (Å²) in [5.41, 5.74) is 0. The van der Waals surface area contributed by atoms with Crippen molar-refractivity contribution in [3.05, 3.63) is 12.7 Å². The minimum absolute atomic E-state index is 0. The first-order valence-corrected chi connectivity index (χ1v) is 4.31. The van der Waals surface area contributed by atoms with Gasteiger partial charge >= 0.3 is 26.2 Å². The van der Waals surface area contributed by atoms with E-state index in [1.165, 1.54) is 6.08 Å². The molecule has 0 atom stereocenters. The van der Waals surface area contributed by atoms with Gasteiger partial charge in [0, 0.05) is 13.2 Å². The van der Waals surface area contributed by atoms with E-state index in [9.17, 15) is 5.02 Å². The van der Waals surface area contributed by atoms with E-state index in [-0.39, 0.29) is 25.5 Å². The van der Waals surface area contributed by atoms with E-state index in [0.29, 0.717) is 6.61 Å². The van der Waals surface area contributed by atoms with Crippen LogP contribution < -0.4 is 23.9 Å². The molecule has 0 N–H and O–H groups in total. The number of hydrogen-bond acceptors (Lipinski definition) is 3. The van der Waals surface area contributed by atoms with Crippen molar-refractivity contribution < 1.29 is 33.2 Å². The molecule has 0 saturated carbocycles. The Morgan fingerprint density at radius 3 is 2.62 bits per heavy atom. The maximum atomic E-state index is 10.8. The molecule has 0 aliphatic carbocycles. The molecule has 0 aromatic heterocycles. The van der Waals surface area contributed by atoms with Gasteiger partial charge in [0.05, 0.1) is 0 Å². The molecule has 0 saturated heterocycles. The Kier molecular flexibility index (Phi) is 14.9. The first-order valence-electron chi connectivity index (χ1n) is 4.31. The Labute approximate surface area is 92.9 Å². The molecular formula is C8H16BLiO3. The van der Waals surface area contributed by atoms with Crippen LogP contribution in [0.4, 0.5) is 0 Å². The van der Waals surface area contributed by atoms with Gasteiger partial charge in [-0.1, -0.05) is 25.8 Å².